The molecule has 0 saturated carbocycles. The maximum Gasteiger partial charge on any atom is 0.169 e. The van der Waals surface area contributed by atoms with Crippen molar-refractivity contribution in [3.8, 4) is 11.3 Å². The molecule has 4 nitrogen and oxygen atoms in total. The summed E-state index contributed by atoms with van der Waals surface area (Å²) in [5.41, 5.74) is 0.351. The monoisotopic (exact) mass is 222 g/mol. The van der Waals surface area contributed by atoms with E-state index in [-0.39, 0.29) is 5.69 Å². The van der Waals surface area contributed by atoms with Gasteiger partial charge in [-0.15, -0.1) is 0 Å². The first-order valence-electron chi connectivity index (χ1n) is 4.11. The maximum absolute atomic E-state index is 10.5. The first kappa shape index (κ1) is 9.73. The highest BCUT2D eigenvalue weighted by Crippen LogP contribution is 2.27. The third-order valence-corrected chi connectivity index (χ3v) is 2.19. The zero-order valence-corrected chi connectivity index (χ0v) is 8.19. The second kappa shape index (κ2) is 3.74. The molecule has 15 heavy (non-hydrogen) atoms. The first-order chi connectivity index (χ1) is 7.18. The van der Waals surface area contributed by atoms with Crippen LogP contribution in [0.3, 0.4) is 0 Å². The molecule has 0 aliphatic carbocycles. The van der Waals surface area contributed by atoms with Gasteiger partial charge in [0, 0.05) is 11.6 Å². The van der Waals surface area contributed by atoms with Gasteiger partial charge in [-0.2, -0.15) is 0 Å². The van der Waals surface area contributed by atoms with Crippen LogP contribution in [0.5, 0.6) is 0 Å². The van der Waals surface area contributed by atoms with Crippen LogP contribution in [0.25, 0.3) is 11.3 Å². The van der Waals surface area contributed by atoms with Gasteiger partial charge in [0.05, 0.1) is 11.0 Å². The fourth-order valence-electron chi connectivity index (χ4n) is 1.16. The van der Waals surface area contributed by atoms with Crippen molar-refractivity contribution in [2.24, 2.45) is 0 Å². The Morgan fingerprint density at radius 2 is 2.13 bits per heavy atom. The van der Waals surface area contributed by atoms with Crippen LogP contribution in [-0.4, -0.2) is 11.1 Å². The molecule has 76 valence electrons. The minimum atomic E-state index is -1.38. The summed E-state index contributed by atoms with van der Waals surface area (Å²) >= 11 is 5.90. The van der Waals surface area contributed by atoms with E-state index in [0.717, 1.165) is 0 Å². The fourth-order valence-corrected chi connectivity index (χ4v) is 1.39. The number of carbonyl (C=O) groups excluding carboxylic acids is 1. The van der Waals surface area contributed by atoms with E-state index in [4.69, 9.17) is 16.1 Å². The van der Waals surface area contributed by atoms with Crippen LogP contribution in [0, 0.1) is 0 Å². The standard InChI is InChI=1S/C10H6ClNO3/c11-7-4-2-1-3-6(7)9-5-8(10(13)14)12-15-9/h1-5H,(H,13,14)/p-1. The summed E-state index contributed by atoms with van der Waals surface area (Å²) in [4.78, 5) is 10.5. The number of carboxylic acid groups (broad SMARTS) is 1. The average molecular weight is 223 g/mol. The quantitative estimate of drug-likeness (QED) is 0.770. The van der Waals surface area contributed by atoms with Crippen molar-refractivity contribution in [1.29, 1.82) is 0 Å². The molecule has 0 aliphatic heterocycles. The number of hydrogen-bond acceptors (Lipinski definition) is 4. The zero-order valence-electron chi connectivity index (χ0n) is 7.44. The van der Waals surface area contributed by atoms with Crippen molar-refractivity contribution < 1.29 is 14.4 Å². The molecule has 2 aromatic rings. The smallest absolute Gasteiger partial charge is 0.169 e. The molecular formula is C10H5ClNO3-. The van der Waals surface area contributed by atoms with Gasteiger partial charge in [-0.25, -0.2) is 0 Å². The molecule has 1 aromatic carbocycles. The van der Waals surface area contributed by atoms with Crippen LogP contribution in [0.1, 0.15) is 10.5 Å². The number of benzene rings is 1. The number of carboxylic acids is 1. The number of rotatable bonds is 2. The minimum Gasteiger partial charge on any atom is -0.543 e. The fraction of sp³-hybridized carbons (Fsp3) is 0. The molecule has 1 heterocycles. The number of hydrogen-bond donors (Lipinski definition) is 0. The predicted molar refractivity (Wildman–Crippen MR) is 51.3 cm³/mol. The van der Waals surface area contributed by atoms with E-state index in [1.165, 1.54) is 6.07 Å². The third-order valence-electron chi connectivity index (χ3n) is 1.86. The lowest BCUT2D eigenvalue weighted by Crippen LogP contribution is -2.22. The number of aromatic carboxylic acids is 1. The van der Waals surface area contributed by atoms with Gasteiger partial charge in [-0.1, -0.05) is 28.9 Å². The van der Waals surface area contributed by atoms with E-state index in [1.54, 1.807) is 24.3 Å². The number of carbonyl (C=O) groups is 1. The lowest BCUT2D eigenvalue weighted by atomic mass is 10.1. The molecule has 0 unspecified atom stereocenters. The first-order valence-corrected chi connectivity index (χ1v) is 4.49. The molecule has 2 rings (SSSR count). The largest absolute Gasteiger partial charge is 0.543 e. The summed E-state index contributed by atoms with van der Waals surface area (Å²) in [6.45, 7) is 0. The second-order valence-corrected chi connectivity index (χ2v) is 3.25. The van der Waals surface area contributed by atoms with E-state index >= 15 is 0 Å². The van der Waals surface area contributed by atoms with Crippen LogP contribution in [0.2, 0.25) is 5.02 Å². The Labute approximate surface area is 90.1 Å². The van der Waals surface area contributed by atoms with Gasteiger partial charge >= 0.3 is 0 Å². The number of nitrogens with zero attached hydrogens (tertiary/aromatic N) is 1. The van der Waals surface area contributed by atoms with E-state index in [9.17, 15) is 9.90 Å². The highest BCUT2D eigenvalue weighted by atomic mass is 35.5. The summed E-state index contributed by atoms with van der Waals surface area (Å²) in [7, 11) is 0. The van der Waals surface area contributed by atoms with Crippen LogP contribution in [0.4, 0.5) is 0 Å². The van der Waals surface area contributed by atoms with Crippen LogP contribution in [0.15, 0.2) is 34.9 Å². The Morgan fingerprint density at radius 1 is 1.40 bits per heavy atom. The summed E-state index contributed by atoms with van der Waals surface area (Å²) in [5, 5.41) is 14.3. The van der Waals surface area contributed by atoms with Gasteiger partial charge in [-0.05, 0) is 12.1 Å². The topological polar surface area (TPSA) is 66.2 Å². The minimum absolute atomic E-state index is 0.245. The van der Waals surface area contributed by atoms with Crippen molar-refractivity contribution >= 4 is 17.6 Å². The SMILES string of the molecule is O=C([O-])c1cc(-c2ccccc2Cl)on1. The van der Waals surface area contributed by atoms with E-state index in [1.807, 2.05) is 0 Å². The van der Waals surface area contributed by atoms with Gasteiger partial charge in [-0.3, -0.25) is 0 Å². The van der Waals surface area contributed by atoms with Crippen molar-refractivity contribution in [2.75, 3.05) is 0 Å². The Kier molecular flexibility index (Phi) is 2.43. The van der Waals surface area contributed by atoms with E-state index in [2.05, 4.69) is 5.16 Å². The van der Waals surface area contributed by atoms with E-state index < -0.39 is 5.97 Å². The lowest BCUT2D eigenvalue weighted by molar-refractivity contribution is -0.255. The Bertz CT molecular complexity index is 507. The second-order valence-electron chi connectivity index (χ2n) is 2.84. The predicted octanol–water partition coefficient (Wildman–Crippen LogP) is 1.36. The lowest BCUT2D eigenvalue weighted by Gasteiger charge is -1.96. The van der Waals surface area contributed by atoms with Crippen molar-refractivity contribution in [1.82, 2.24) is 5.16 Å². The molecule has 0 N–H and O–H groups in total. The molecule has 0 aliphatic rings. The Hall–Kier alpha value is -1.81. The molecular weight excluding hydrogens is 218 g/mol. The molecule has 1 aromatic heterocycles. The van der Waals surface area contributed by atoms with Gasteiger partial charge < -0.3 is 14.4 Å². The van der Waals surface area contributed by atoms with Crippen molar-refractivity contribution in [3.05, 3.63) is 41.0 Å². The van der Waals surface area contributed by atoms with Crippen LogP contribution < -0.4 is 5.11 Å². The molecule has 0 spiro atoms. The van der Waals surface area contributed by atoms with Crippen molar-refractivity contribution in [2.45, 2.75) is 0 Å². The summed E-state index contributed by atoms with van der Waals surface area (Å²) in [6, 6.07) is 8.20. The Morgan fingerprint density at radius 3 is 2.73 bits per heavy atom. The molecule has 0 bridgehead atoms. The highest BCUT2D eigenvalue weighted by Gasteiger charge is 2.09. The number of halogens is 1. The summed E-state index contributed by atoms with van der Waals surface area (Å²) in [5.74, 6) is -1.07. The molecule has 0 amide bonds. The van der Waals surface area contributed by atoms with Crippen molar-refractivity contribution in [3.63, 3.8) is 0 Å². The molecule has 0 radical (unpaired) electrons. The normalized spacial score (nSPS) is 10.2. The van der Waals surface area contributed by atoms with Gasteiger partial charge in [0.2, 0.25) is 0 Å². The zero-order chi connectivity index (χ0) is 10.8. The molecule has 0 fully saturated rings. The van der Waals surface area contributed by atoms with Gasteiger partial charge in [0.15, 0.2) is 5.76 Å². The van der Waals surface area contributed by atoms with E-state index in [0.29, 0.717) is 16.3 Å². The van der Waals surface area contributed by atoms with Crippen LogP contribution in [-0.2, 0) is 0 Å². The molecule has 0 atom stereocenters. The summed E-state index contributed by atoms with van der Waals surface area (Å²) in [6.07, 6.45) is 0. The Balaban J connectivity index is 2.46. The summed E-state index contributed by atoms with van der Waals surface area (Å²) < 4.78 is 4.84. The van der Waals surface area contributed by atoms with Crippen LogP contribution >= 0.6 is 11.6 Å². The number of aromatic nitrogens is 1. The third kappa shape index (κ3) is 1.85. The average Bonchev–Trinajstić information content (AvgIpc) is 2.67. The maximum atomic E-state index is 10.5. The van der Waals surface area contributed by atoms with Gasteiger partial charge in [0.25, 0.3) is 0 Å². The molecule has 0 saturated heterocycles. The molecule has 5 heteroatoms. The highest BCUT2D eigenvalue weighted by molar-refractivity contribution is 6.33. The van der Waals surface area contributed by atoms with Gasteiger partial charge in [0.1, 0.15) is 5.69 Å².